The van der Waals surface area contributed by atoms with Gasteiger partial charge in [-0.05, 0) is 80.3 Å². The number of aliphatic carboxylic acids is 1. The van der Waals surface area contributed by atoms with Crippen molar-refractivity contribution in [1.29, 1.82) is 0 Å². The molecule has 7 nitrogen and oxygen atoms in total. The Balaban J connectivity index is 1.20. The number of rotatable bonds is 19. The Morgan fingerprint density at radius 1 is 0.756 bits per heavy atom. The highest BCUT2D eigenvalue weighted by molar-refractivity contribution is 5.87. The number of benzene rings is 3. The number of carboxylic acid groups (broad SMARTS) is 2. The summed E-state index contributed by atoms with van der Waals surface area (Å²) in [6, 6.07) is 25.8. The summed E-state index contributed by atoms with van der Waals surface area (Å²) in [5, 5.41) is 18.2. The Morgan fingerprint density at radius 2 is 1.47 bits per heavy atom. The van der Waals surface area contributed by atoms with E-state index < -0.39 is 11.9 Å². The first kappa shape index (κ1) is 33.9. The summed E-state index contributed by atoms with van der Waals surface area (Å²) in [7, 11) is 0. The van der Waals surface area contributed by atoms with E-state index in [9.17, 15) is 14.7 Å². The van der Waals surface area contributed by atoms with Crippen molar-refractivity contribution in [3.63, 3.8) is 0 Å². The number of nitrogens with zero attached hydrogens (tertiary/aromatic N) is 2. The fourth-order valence-electron chi connectivity index (χ4n) is 5.83. The van der Waals surface area contributed by atoms with Crippen molar-refractivity contribution in [2.75, 3.05) is 39.3 Å². The lowest BCUT2D eigenvalue weighted by Gasteiger charge is -2.34. The molecule has 0 aliphatic carbocycles. The number of aromatic carboxylic acids is 1. The van der Waals surface area contributed by atoms with Gasteiger partial charge in [0.1, 0.15) is 5.75 Å². The molecule has 4 rings (SSSR count). The molecule has 0 radical (unpaired) electrons. The summed E-state index contributed by atoms with van der Waals surface area (Å²) in [5.41, 5.74) is 3.76. The quantitative estimate of drug-likeness (QED) is 0.138. The summed E-state index contributed by atoms with van der Waals surface area (Å²) in [5.74, 6) is -0.632. The number of carboxylic acids is 2. The van der Waals surface area contributed by atoms with Crippen LogP contribution in [0.5, 0.6) is 5.75 Å². The van der Waals surface area contributed by atoms with Crippen LogP contribution in [0.2, 0.25) is 0 Å². The van der Waals surface area contributed by atoms with Gasteiger partial charge in [-0.1, -0.05) is 79.2 Å². The smallest absolute Gasteiger partial charge is 0.335 e. The van der Waals surface area contributed by atoms with Gasteiger partial charge in [-0.2, -0.15) is 0 Å². The minimum atomic E-state index is -0.934. The molecule has 1 aliphatic rings. The van der Waals surface area contributed by atoms with Gasteiger partial charge < -0.3 is 19.8 Å². The van der Waals surface area contributed by atoms with Gasteiger partial charge in [-0.3, -0.25) is 9.69 Å². The predicted molar refractivity (Wildman–Crippen MR) is 180 cm³/mol. The largest absolute Gasteiger partial charge is 0.493 e. The molecule has 1 fully saturated rings. The van der Waals surface area contributed by atoms with Crippen LogP contribution in [0, 0.1) is 5.92 Å². The van der Waals surface area contributed by atoms with E-state index in [-0.39, 0.29) is 17.9 Å². The topological polar surface area (TPSA) is 90.3 Å². The third-order valence-electron chi connectivity index (χ3n) is 8.47. The maximum absolute atomic E-state index is 11.2. The van der Waals surface area contributed by atoms with Crippen molar-refractivity contribution < 1.29 is 24.5 Å². The van der Waals surface area contributed by atoms with Gasteiger partial charge in [0.15, 0.2) is 0 Å². The molecule has 1 saturated heterocycles. The molecule has 0 amide bonds. The first-order chi connectivity index (χ1) is 22.0. The van der Waals surface area contributed by atoms with Gasteiger partial charge in [0.05, 0.1) is 12.2 Å². The molecule has 1 atom stereocenters. The molecule has 0 aromatic heterocycles. The van der Waals surface area contributed by atoms with Crippen molar-refractivity contribution in [3.05, 3.63) is 107 Å². The lowest BCUT2D eigenvalue weighted by molar-refractivity contribution is -0.137. The third-order valence-corrected chi connectivity index (χ3v) is 8.47. The van der Waals surface area contributed by atoms with Crippen LogP contribution in [0.1, 0.15) is 72.0 Å². The molecule has 0 bridgehead atoms. The fraction of sp³-hybridized carbons (Fsp3) is 0.421. The van der Waals surface area contributed by atoms with Crippen molar-refractivity contribution in [2.24, 2.45) is 5.92 Å². The highest BCUT2D eigenvalue weighted by Gasteiger charge is 2.16. The Labute approximate surface area is 268 Å². The molecule has 0 saturated carbocycles. The van der Waals surface area contributed by atoms with Gasteiger partial charge in [-0.15, -0.1) is 0 Å². The van der Waals surface area contributed by atoms with Crippen molar-refractivity contribution in [2.45, 2.75) is 57.9 Å². The lowest BCUT2D eigenvalue weighted by Crippen LogP contribution is -2.46. The highest BCUT2D eigenvalue weighted by atomic mass is 16.5. The number of unbranched alkanes of at least 4 members (excludes halogenated alkanes) is 3. The molecule has 1 aliphatic heterocycles. The number of piperazine rings is 1. The zero-order valence-electron chi connectivity index (χ0n) is 26.4. The van der Waals surface area contributed by atoms with Crippen LogP contribution in [-0.2, 0) is 17.8 Å². The summed E-state index contributed by atoms with van der Waals surface area (Å²) in [4.78, 5) is 27.3. The van der Waals surface area contributed by atoms with Crippen molar-refractivity contribution >= 4 is 18.0 Å². The summed E-state index contributed by atoms with van der Waals surface area (Å²) in [6.45, 7) is 7.40. The van der Waals surface area contributed by atoms with E-state index in [1.807, 2.05) is 30.3 Å². The summed E-state index contributed by atoms with van der Waals surface area (Å²) >= 11 is 0. The highest BCUT2D eigenvalue weighted by Crippen LogP contribution is 2.24. The van der Waals surface area contributed by atoms with Crippen molar-refractivity contribution in [1.82, 2.24) is 9.80 Å². The maximum Gasteiger partial charge on any atom is 0.335 e. The minimum Gasteiger partial charge on any atom is -0.493 e. The number of hydrogen-bond donors (Lipinski definition) is 2. The second-order valence-electron chi connectivity index (χ2n) is 12.0. The molecule has 45 heavy (non-hydrogen) atoms. The van der Waals surface area contributed by atoms with E-state index in [0.29, 0.717) is 13.0 Å². The fourth-order valence-corrected chi connectivity index (χ4v) is 5.83. The first-order valence-corrected chi connectivity index (χ1v) is 16.4. The van der Waals surface area contributed by atoms with Crippen molar-refractivity contribution in [3.8, 4) is 5.75 Å². The molecule has 1 unspecified atom stereocenters. The molecular weight excluding hydrogens is 564 g/mol. The molecule has 7 heteroatoms. The van der Waals surface area contributed by atoms with Crippen LogP contribution in [0.4, 0.5) is 0 Å². The van der Waals surface area contributed by atoms with Crippen LogP contribution in [0.3, 0.4) is 0 Å². The Kier molecular flexibility index (Phi) is 14.2. The van der Waals surface area contributed by atoms with Gasteiger partial charge in [0.2, 0.25) is 0 Å². The van der Waals surface area contributed by atoms with Crippen LogP contribution in [0.15, 0.2) is 84.9 Å². The SMILES string of the molecule is O=C(O)CCCCC(C=Cc1ccccc1OCCCCCN1CCN(Cc2ccccc2)CC1)Cc1ccc(C(=O)O)cc1. The summed E-state index contributed by atoms with van der Waals surface area (Å²) < 4.78 is 6.22. The van der Waals surface area contributed by atoms with Gasteiger partial charge in [0, 0.05) is 44.7 Å². The molecule has 3 aromatic rings. The van der Waals surface area contributed by atoms with E-state index in [4.69, 9.17) is 9.84 Å². The molecule has 0 spiro atoms. The molecular formula is C38H48N2O5. The van der Waals surface area contributed by atoms with Crippen LogP contribution in [0.25, 0.3) is 6.08 Å². The van der Waals surface area contributed by atoms with Crippen LogP contribution < -0.4 is 4.74 Å². The van der Waals surface area contributed by atoms with Gasteiger partial charge in [0.25, 0.3) is 0 Å². The Morgan fingerprint density at radius 3 is 2.20 bits per heavy atom. The second kappa shape index (κ2) is 18.8. The average Bonchev–Trinajstić information content (AvgIpc) is 3.05. The third kappa shape index (κ3) is 12.5. The van der Waals surface area contributed by atoms with E-state index in [1.165, 1.54) is 12.0 Å². The number of hydrogen-bond acceptors (Lipinski definition) is 5. The zero-order chi connectivity index (χ0) is 31.7. The summed E-state index contributed by atoms with van der Waals surface area (Å²) in [6.07, 6.45) is 10.9. The lowest BCUT2D eigenvalue weighted by atomic mass is 9.92. The Bertz CT molecular complexity index is 1330. The molecule has 1 heterocycles. The second-order valence-corrected chi connectivity index (χ2v) is 12.0. The number of carbonyl (C=O) groups is 2. The number of allylic oxidation sites excluding steroid dienone is 1. The van der Waals surface area contributed by atoms with Crippen LogP contribution >= 0.6 is 0 Å². The predicted octanol–water partition coefficient (Wildman–Crippen LogP) is 7.27. The van der Waals surface area contributed by atoms with E-state index in [0.717, 1.165) is 88.2 Å². The molecule has 2 N–H and O–H groups in total. The van der Waals surface area contributed by atoms with Crippen LogP contribution in [-0.4, -0.2) is 71.3 Å². The maximum atomic E-state index is 11.2. The van der Waals surface area contributed by atoms with E-state index in [2.05, 4.69) is 58.4 Å². The molecule has 3 aromatic carbocycles. The average molecular weight is 613 g/mol. The monoisotopic (exact) mass is 612 g/mol. The number of ether oxygens (including phenoxy) is 1. The molecule has 240 valence electrons. The minimum absolute atomic E-state index is 0.172. The normalized spacial score (nSPS) is 14.8. The van der Waals surface area contributed by atoms with E-state index in [1.54, 1.807) is 12.1 Å². The number of para-hydroxylation sites is 1. The van der Waals surface area contributed by atoms with Gasteiger partial charge >= 0.3 is 11.9 Å². The first-order valence-electron chi connectivity index (χ1n) is 16.4. The van der Waals surface area contributed by atoms with Gasteiger partial charge in [-0.25, -0.2) is 4.79 Å². The zero-order valence-corrected chi connectivity index (χ0v) is 26.4. The standard InChI is InChI=1S/C38H48N2O5/c41-37(42)16-8-5-11-31(29-32-18-21-35(22-19-32)38(43)44)17-20-34-14-6-7-15-36(34)45-28-10-2-9-23-39-24-26-40(27-25-39)30-33-12-3-1-4-13-33/h1,3-4,6-7,12-15,17-22,31H,2,5,8-11,16,23-30H2,(H,41,42)(H,43,44). The Hall–Kier alpha value is -3.94. The van der Waals surface area contributed by atoms with E-state index >= 15 is 0 Å².